The molecule has 0 bridgehead atoms. The maximum atomic E-state index is 12.8. The molecule has 0 aliphatic carbocycles. The number of para-hydroxylation sites is 1. The third-order valence-corrected chi connectivity index (χ3v) is 6.93. The van der Waals surface area contributed by atoms with E-state index in [1.54, 1.807) is 11.0 Å². The van der Waals surface area contributed by atoms with Crippen LogP contribution in [0.1, 0.15) is 18.1 Å². The Morgan fingerprint density at radius 1 is 1.00 bits per heavy atom. The molecule has 1 N–H and O–H groups in total. The van der Waals surface area contributed by atoms with E-state index in [2.05, 4.69) is 70.4 Å². The number of rotatable bonds is 3. The predicted octanol–water partition coefficient (Wildman–Crippen LogP) is 6.01. The third-order valence-electron chi connectivity index (χ3n) is 6.03. The van der Waals surface area contributed by atoms with Crippen LogP contribution in [0.2, 0.25) is 0 Å². The number of hydrogen-bond acceptors (Lipinski definition) is 3. The lowest BCUT2D eigenvalue weighted by Gasteiger charge is -2.22. The number of carbonyl (C=O) groups excluding carboxylic acids is 1. The lowest BCUT2D eigenvalue weighted by molar-refractivity contribution is -0.114. The number of benzene rings is 3. The van der Waals surface area contributed by atoms with Gasteiger partial charge in [0.1, 0.15) is 5.84 Å². The summed E-state index contributed by atoms with van der Waals surface area (Å²) in [5, 5.41) is 12.7. The molecular weight excluding hydrogens is 428 g/mol. The molecule has 0 saturated carbocycles. The molecule has 0 radical (unpaired) electrons. The van der Waals surface area contributed by atoms with Crippen molar-refractivity contribution >= 4 is 56.4 Å². The molecule has 2 aliphatic heterocycles. The SMILES string of the molecule is CC1=CN2C(=N)/C(=C/c3cn(Cc4cccc5ccccc45)c4ccccc34)C(=O)N=C2S1. The van der Waals surface area contributed by atoms with Gasteiger partial charge >= 0.3 is 0 Å². The van der Waals surface area contributed by atoms with Crippen LogP contribution in [-0.4, -0.2) is 26.4 Å². The Morgan fingerprint density at radius 3 is 2.64 bits per heavy atom. The van der Waals surface area contributed by atoms with E-state index in [0.29, 0.717) is 17.3 Å². The zero-order valence-electron chi connectivity index (χ0n) is 17.9. The molecular formula is C27H20N4OS. The van der Waals surface area contributed by atoms with E-state index >= 15 is 0 Å². The topological polar surface area (TPSA) is 61.5 Å². The Hall–Kier alpha value is -3.90. The van der Waals surface area contributed by atoms with Crippen molar-refractivity contribution in [1.29, 1.82) is 5.41 Å². The molecule has 33 heavy (non-hydrogen) atoms. The van der Waals surface area contributed by atoms with Crippen LogP contribution in [0, 0.1) is 5.41 Å². The van der Waals surface area contributed by atoms with Gasteiger partial charge in [-0.3, -0.25) is 15.1 Å². The summed E-state index contributed by atoms with van der Waals surface area (Å²) in [7, 11) is 0. The van der Waals surface area contributed by atoms with Gasteiger partial charge in [-0.25, -0.2) is 0 Å². The fourth-order valence-electron chi connectivity index (χ4n) is 4.49. The molecule has 3 heterocycles. The zero-order chi connectivity index (χ0) is 22.5. The number of amidine groups is 2. The number of aromatic nitrogens is 1. The summed E-state index contributed by atoms with van der Waals surface area (Å²) in [5.41, 5.74) is 3.53. The van der Waals surface area contributed by atoms with Gasteiger partial charge in [0.05, 0.1) is 5.57 Å². The van der Waals surface area contributed by atoms with Crippen LogP contribution in [0.25, 0.3) is 27.8 Å². The second kappa shape index (κ2) is 7.60. The highest BCUT2D eigenvalue weighted by Crippen LogP contribution is 2.33. The third kappa shape index (κ3) is 3.31. The molecule has 3 aromatic carbocycles. The first-order valence-corrected chi connectivity index (χ1v) is 11.5. The minimum Gasteiger partial charge on any atom is -0.342 e. The minimum atomic E-state index is -0.368. The molecule has 160 valence electrons. The van der Waals surface area contributed by atoms with Crippen LogP contribution in [-0.2, 0) is 11.3 Å². The van der Waals surface area contributed by atoms with Crippen molar-refractivity contribution in [2.45, 2.75) is 13.5 Å². The number of amides is 1. The largest absolute Gasteiger partial charge is 0.342 e. The highest BCUT2D eigenvalue weighted by atomic mass is 32.2. The second-order valence-electron chi connectivity index (χ2n) is 8.19. The number of allylic oxidation sites excluding steroid dienone is 1. The number of thioether (sulfide) groups is 1. The number of aliphatic imine (C=N–C) groups is 1. The summed E-state index contributed by atoms with van der Waals surface area (Å²) >= 11 is 1.42. The molecule has 6 rings (SSSR count). The van der Waals surface area contributed by atoms with Crippen LogP contribution < -0.4 is 0 Å². The number of hydrogen-bond donors (Lipinski definition) is 1. The van der Waals surface area contributed by atoms with Crippen LogP contribution in [0.4, 0.5) is 0 Å². The van der Waals surface area contributed by atoms with E-state index < -0.39 is 0 Å². The Balaban J connectivity index is 1.45. The summed E-state index contributed by atoms with van der Waals surface area (Å²) in [6.07, 6.45) is 5.73. The second-order valence-corrected chi connectivity index (χ2v) is 9.40. The first-order chi connectivity index (χ1) is 16.1. The number of fused-ring (bicyclic) bond motifs is 3. The fourth-order valence-corrected chi connectivity index (χ4v) is 5.31. The molecule has 1 aromatic heterocycles. The van der Waals surface area contributed by atoms with Crippen LogP contribution in [0.15, 0.2) is 94.6 Å². The van der Waals surface area contributed by atoms with E-state index in [0.717, 1.165) is 21.4 Å². The van der Waals surface area contributed by atoms with E-state index in [1.165, 1.54) is 28.1 Å². The van der Waals surface area contributed by atoms with Crippen molar-refractivity contribution in [3.05, 3.63) is 101 Å². The van der Waals surface area contributed by atoms with E-state index in [1.807, 2.05) is 25.3 Å². The van der Waals surface area contributed by atoms with Crippen molar-refractivity contribution in [3.8, 4) is 0 Å². The smallest absolute Gasteiger partial charge is 0.283 e. The number of carbonyl (C=O) groups is 1. The monoisotopic (exact) mass is 448 g/mol. The standard InChI is InChI=1S/C27H20N4OS/c1-17-14-31-25(28)23(26(32)29-27(31)33-17)13-20-16-30(24-12-5-4-11-22(20)24)15-19-9-6-8-18-7-2-3-10-21(18)19/h2-14,16,28H,15H2,1H3/b23-13-,28-25?. The fraction of sp³-hybridized carbons (Fsp3) is 0.0741. The molecule has 0 fully saturated rings. The van der Waals surface area contributed by atoms with Crippen molar-refractivity contribution in [2.24, 2.45) is 4.99 Å². The van der Waals surface area contributed by atoms with Gasteiger partial charge in [-0.05, 0) is 35.4 Å². The van der Waals surface area contributed by atoms with Gasteiger partial charge in [0, 0.05) is 40.3 Å². The molecule has 4 aromatic rings. The van der Waals surface area contributed by atoms with E-state index in [9.17, 15) is 4.79 Å². The van der Waals surface area contributed by atoms with Gasteiger partial charge in [-0.15, -0.1) is 0 Å². The molecule has 0 atom stereocenters. The van der Waals surface area contributed by atoms with Gasteiger partial charge in [-0.1, -0.05) is 72.4 Å². The average molecular weight is 449 g/mol. The van der Waals surface area contributed by atoms with Crippen molar-refractivity contribution in [1.82, 2.24) is 9.47 Å². The molecule has 2 aliphatic rings. The Labute approximate surface area is 195 Å². The van der Waals surface area contributed by atoms with Gasteiger partial charge in [0.2, 0.25) is 0 Å². The molecule has 6 heteroatoms. The average Bonchev–Trinajstić information content (AvgIpc) is 3.37. The maximum Gasteiger partial charge on any atom is 0.283 e. The predicted molar refractivity (Wildman–Crippen MR) is 136 cm³/mol. The molecule has 0 saturated heterocycles. The van der Waals surface area contributed by atoms with Gasteiger partial charge in [0.25, 0.3) is 5.91 Å². The van der Waals surface area contributed by atoms with Crippen molar-refractivity contribution in [3.63, 3.8) is 0 Å². The lowest BCUT2D eigenvalue weighted by Crippen LogP contribution is -2.35. The van der Waals surface area contributed by atoms with Crippen molar-refractivity contribution < 1.29 is 4.79 Å². The van der Waals surface area contributed by atoms with Gasteiger partial charge in [-0.2, -0.15) is 4.99 Å². The van der Waals surface area contributed by atoms with Crippen LogP contribution >= 0.6 is 11.8 Å². The summed E-state index contributed by atoms with van der Waals surface area (Å²) in [5.74, 6) is -0.201. The molecule has 5 nitrogen and oxygen atoms in total. The molecule has 0 spiro atoms. The highest BCUT2D eigenvalue weighted by molar-refractivity contribution is 8.17. The Bertz CT molecular complexity index is 1570. The normalized spacial score (nSPS) is 17.1. The zero-order valence-corrected chi connectivity index (χ0v) is 18.8. The minimum absolute atomic E-state index is 0.167. The van der Waals surface area contributed by atoms with E-state index in [-0.39, 0.29) is 11.7 Å². The lowest BCUT2D eigenvalue weighted by atomic mass is 10.0. The van der Waals surface area contributed by atoms with Crippen LogP contribution in [0.5, 0.6) is 0 Å². The summed E-state index contributed by atoms with van der Waals surface area (Å²) in [6.45, 7) is 2.66. The Kier molecular flexibility index (Phi) is 4.55. The first kappa shape index (κ1) is 19.8. The molecule has 0 unspecified atom stereocenters. The number of nitrogens with one attached hydrogen (secondary N) is 1. The molecule has 1 amide bonds. The Morgan fingerprint density at radius 2 is 1.76 bits per heavy atom. The first-order valence-electron chi connectivity index (χ1n) is 10.7. The van der Waals surface area contributed by atoms with Crippen LogP contribution in [0.3, 0.4) is 0 Å². The summed E-state index contributed by atoms with van der Waals surface area (Å²) in [4.78, 5) is 19.7. The number of nitrogens with zero attached hydrogens (tertiary/aromatic N) is 3. The quantitative estimate of drug-likeness (QED) is 0.391. The summed E-state index contributed by atoms with van der Waals surface area (Å²) in [6, 6.07) is 23.0. The maximum absolute atomic E-state index is 12.8. The summed E-state index contributed by atoms with van der Waals surface area (Å²) < 4.78 is 2.21. The van der Waals surface area contributed by atoms with Gasteiger partial charge < -0.3 is 4.57 Å². The van der Waals surface area contributed by atoms with E-state index in [4.69, 9.17) is 5.41 Å². The highest BCUT2D eigenvalue weighted by Gasteiger charge is 2.33. The van der Waals surface area contributed by atoms with Crippen molar-refractivity contribution in [2.75, 3.05) is 0 Å². The van der Waals surface area contributed by atoms with Gasteiger partial charge in [0.15, 0.2) is 5.17 Å².